The van der Waals surface area contributed by atoms with Gasteiger partial charge in [0, 0.05) is 17.5 Å². The average Bonchev–Trinajstić information content (AvgIpc) is 2.47. The van der Waals surface area contributed by atoms with Crippen molar-refractivity contribution in [2.75, 3.05) is 13.7 Å². The molecule has 0 saturated heterocycles. The quantitative estimate of drug-likeness (QED) is 0.871. The SMILES string of the molecule is COC(=O)CCNC(=O)c1ccc(F)c2ccccc12. The second kappa shape index (κ2) is 6.14. The standard InChI is InChI=1S/C15H14FNO3/c1-20-14(18)8-9-17-15(19)12-6-7-13(16)11-5-3-2-4-10(11)12/h2-7H,8-9H2,1H3,(H,17,19). The fourth-order valence-corrected chi connectivity index (χ4v) is 1.94. The largest absolute Gasteiger partial charge is 0.469 e. The predicted molar refractivity (Wildman–Crippen MR) is 72.9 cm³/mol. The number of fused-ring (bicyclic) bond motifs is 1. The number of benzene rings is 2. The van der Waals surface area contributed by atoms with Crippen molar-refractivity contribution in [3.05, 3.63) is 47.8 Å². The van der Waals surface area contributed by atoms with Crippen LogP contribution in [-0.4, -0.2) is 25.5 Å². The van der Waals surface area contributed by atoms with E-state index in [-0.39, 0.29) is 24.7 Å². The minimum absolute atomic E-state index is 0.0986. The van der Waals surface area contributed by atoms with Crippen molar-refractivity contribution < 1.29 is 18.7 Å². The van der Waals surface area contributed by atoms with Crippen LogP contribution in [0.15, 0.2) is 36.4 Å². The van der Waals surface area contributed by atoms with Gasteiger partial charge in [-0.2, -0.15) is 0 Å². The summed E-state index contributed by atoms with van der Waals surface area (Å²) in [6, 6.07) is 9.46. The molecular formula is C15H14FNO3. The number of amides is 1. The summed E-state index contributed by atoms with van der Waals surface area (Å²) in [5.41, 5.74) is 0.381. The Morgan fingerprint density at radius 1 is 1.15 bits per heavy atom. The summed E-state index contributed by atoms with van der Waals surface area (Å²) in [7, 11) is 1.29. The lowest BCUT2D eigenvalue weighted by Crippen LogP contribution is -2.26. The Morgan fingerprint density at radius 3 is 2.55 bits per heavy atom. The summed E-state index contributed by atoms with van der Waals surface area (Å²) in [6.07, 6.45) is 0.0986. The highest BCUT2D eigenvalue weighted by Gasteiger charge is 2.12. The Bertz CT molecular complexity index is 655. The molecule has 0 aliphatic rings. The van der Waals surface area contributed by atoms with Crippen LogP contribution in [0, 0.1) is 5.82 Å². The molecule has 0 atom stereocenters. The molecule has 2 rings (SSSR count). The lowest BCUT2D eigenvalue weighted by molar-refractivity contribution is -0.140. The molecule has 4 nitrogen and oxygen atoms in total. The molecule has 2 aromatic carbocycles. The van der Waals surface area contributed by atoms with E-state index in [2.05, 4.69) is 10.1 Å². The van der Waals surface area contributed by atoms with E-state index in [0.29, 0.717) is 16.3 Å². The first-order valence-corrected chi connectivity index (χ1v) is 6.15. The third kappa shape index (κ3) is 2.93. The van der Waals surface area contributed by atoms with Crippen LogP contribution in [0.4, 0.5) is 4.39 Å². The maximum Gasteiger partial charge on any atom is 0.307 e. The highest BCUT2D eigenvalue weighted by Crippen LogP contribution is 2.21. The van der Waals surface area contributed by atoms with E-state index >= 15 is 0 Å². The molecule has 0 heterocycles. The van der Waals surface area contributed by atoms with E-state index in [1.54, 1.807) is 24.3 Å². The molecule has 0 radical (unpaired) electrons. The minimum Gasteiger partial charge on any atom is -0.469 e. The van der Waals surface area contributed by atoms with Gasteiger partial charge in [-0.3, -0.25) is 9.59 Å². The van der Waals surface area contributed by atoms with Crippen molar-refractivity contribution >= 4 is 22.6 Å². The van der Waals surface area contributed by atoms with Gasteiger partial charge in [0.25, 0.3) is 5.91 Å². The van der Waals surface area contributed by atoms with Crippen molar-refractivity contribution in [1.29, 1.82) is 0 Å². The monoisotopic (exact) mass is 275 g/mol. The molecule has 20 heavy (non-hydrogen) atoms. The van der Waals surface area contributed by atoms with E-state index in [1.165, 1.54) is 19.2 Å². The maximum absolute atomic E-state index is 13.6. The van der Waals surface area contributed by atoms with E-state index in [1.807, 2.05) is 0 Å². The molecule has 2 aromatic rings. The number of carbonyl (C=O) groups excluding carboxylic acids is 2. The maximum atomic E-state index is 13.6. The summed E-state index contributed by atoms with van der Waals surface area (Å²) in [6.45, 7) is 0.178. The van der Waals surface area contributed by atoms with Gasteiger partial charge < -0.3 is 10.1 Å². The van der Waals surface area contributed by atoms with Crippen molar-refractivity contribution in [2.45, 2.75) is 6.42 Å². The summed E-state index contributed by atoms with van der Waals surface area (Å²) >= 11 is 0. The Hall–Kier alpha value is -2.43. The molecular weight excluding hydrogens is 261 g/mol. The lowest BCUT2D eigenvalue weighted by Gasteiger charge is -2.08. The summed E-state index contributed by atoms with van der Waals surface area (Å²) in [5, 5.41) is 3.55. The van der Waals surface area contributed by atoms with Gasteiger partial charge in [0.05, 0.1) is 13.5 Å². The molecule has 0 spiro atoms. The number of nitrogens with one attached hydrogen (secondary N) is 1. The Kier molecular flexibility index (Phi) is 4.30. The fraction of sp³-hybridized carbons (Fsp3) is 0.200. The second-order valence-corrected chi connectivity index (χ2v) is 4.22. The zero-order valence-corrected chi connectivity index (χ0v) is 11.0. The number of methoxy groups -OCH3 is 1. The van der Waals surface area contributed by atoms with Crippen LogP contribution in [0.5, 0.6) is 0 Å². The number of hydrogen-bond acceptors (Lipinski definition) is 3. The number of esters is 1. The molecule has 0 unspecified atom stereocenters. The van der Waals surface area contributed by atoms with Crippen LogP contribution in [0.2, 0.25) is 0 Å². The Balaban J connectivity index is 2.18. The van der Waals surface area contributed by atoms with Crippen LogP contribution in [0.3, 0.4) is 0 Å². The average molecular weight is 275 g/mol. The van der Waals surface area contributed by atoms with Crippen LogP contribution >= 0.6 is 0 Å². The van der Waals surface area contributed by atoms with Crippen LogP contribution < -0.4 is 5.32 Å². The van der Waals surface area contributed by atoms with Crippen molar-refractivity contribution in [3.8, 4) is 0 Å². The first-order valence-electron chi connectivity index (χ1n) is 6.15. The molecule has 104 valence electrons. The van der Waals surface area contributed by atoms with Crippen LogP contribution in [0.1, 0.15) is 16.8 Å². The highest BCUT2D eigenvalue weighted by atomic mass is 19.1. The zero-order valence-electron chi connectivity index (χ0n) is 11.0. The van der Waals surface area contributed by atoms with Crippen molar-refractivity contribution in [3.63, 3.8) is 0 Å². The van der Waals surface area contributed by atoms with Crippen molar-refractivity contribution in [1.82, 2.24) is 5.32 Å². The Morgan fingerprint density at radius 2 is 1.85 bits per heavy atom. The molecule has 5 heteroatoms. The number of rotatable bonds is 4. The third-order valence-electron chi connectivity index (χ3n) is 2.96. The van der Waals surface area contributed by atoms with Crippen LogP contribution in [0.25, 0.3) is 10.8 Å². The molecule has 0 aromatic heterocycles. The predicted octanol–water partition coefficient (Wildman–Crippen LogP) is 2.27. The van der Waals surface area contributed by atoms with Crippen molar-refractivity contribution in [2.24, 2.45) is 0 Å². The highest BCUT2D eigenvalue weighted by molar-refractivity contribution is 6.07. The van der Waals surface area contributed by atoms with E-state index < -0.39 is 5.97 Å². The first-order chi connectivity index (χ1) is 9.63. The zero-order chi connectivity index (χ0) is 14.5. The summed E-state index contributed by atoms with van der Waals surface area (Å²) in [5.74, 6) is -1.11. The van der Waals surface area contributed by atoms with E-state index in [9.17, 15) is 14.0 Å². The molecule has 0 bridgehead atoms. The number of hydrogen-bond donors (Lipinski definition) is 1. The van der Waals surface area contributed by atoms with Gasteiger partial charge in [-0.15, -0.1) is 0 Å². The Labute approximate surface area is 115 Å². The van der Waals surface area contributed by atoms with Gasteiger partial charge in [-0.05, 0) is 17.5 Å². The van der Waals surface area contributed by atoms with E-state index in [4.69, 9.17) is 0 Å². The number of halogens is 1. The molecule has 1 amide bonds. The smallest absolute Gasteiger partial charge is 0.307 e. The molecule has 0 aliphatic heterocycles. The molecule has 0 fully saturated rings. The van der Waals surface area contributed by atoms with Gasteiger partial charge in [0.2, 0.25) is 0 Å². The molecule has 0 aliphatic carbocycles. The van der Waals surface area contributed by atoms with Gasteiger partial charge in [0.1, 0.15) is 5.82 Å². The second-order valence-electron chi connectivity index (χ2n) is 4.22. The third-order valence-corrected chi connectivity index (χ3v) is 2.96. The van der Waals surface area contributed by atoms with Gasteiger partial charge >= 0.3 is 5.97 Å². The topological polar surface area (TPSA) is 55.4 Å². The molecule has 0 saturated carbocycles. The van der Waals surface area contributed by atoms with Gasteiger partial charge in [-0.25, -0.2) is 4.39 Å². The minimum atomic E-state index is -0.394. The van der Waals surface area contributed by atoms with Gasteiger partial charge in [0.15, 0.2) is 0 Å². The normalized spacial score (nSPS) is 10.3. The summed E-state index contributed by atoms with van der Waals surface area (Å²) in [4.78, 5) is 23.0. The fourth-order valence-electron chi connectivity index (χ4n) is 1.94. The summed E-state index contributed by atoms with van der Waals surface area (Å²) < 4.78 is 18.1. The molecule has 1 N–H and O–H groups in total. The lowest BCUT2D eigenvalue weighted by atomic mass is 10.0. The first kappa shape index (κ1) is 14.0. The number of ether oxygens (including phenoxy) is 1. The van der Waals surface area contributed by atoms with E-state index in [0.717, 1.165) is 0 Å². The van der Waals surface area contributed by atoms with Gasteiger partial charge in [-0.1, -0.05) is 24.3 Å². The van der Waals surface area contributed by atoms with Crippen LogP contribution in [-0.2, 0) is 9.53 Å². The number of carbonyl (C=O) groups is 2.